The predicted octanol–water partition coefficient (Wildman–Crippen LogP) is 7.06. The minimum absolute atomic E-state index is 0.0986. The van der Waals surface area contributed by atoms with Gasteiger partial charge < -0.3 is 20.4 Å². The third-order valence-corrected chi connectivity index (χ3v) is 15.5. The Morgan fingerprint density at radius 3 is 2.42 bits per heavy atom. The van der Waals surface area contributed by atoms with Crippen LogP contribution >= 0.6 is 11.6 Å². The molecule has 0 atom stereocenters. The molecule has 5 aromatic rings. The molecule has 0 radical (unpaired) electrons. The van der Waals surface area contributed by atoms with E-state index in [2.05, 4.69) is 38.0 Å². The molecule has 0 unspecified atom stereocenters. The first-order valence-electron chi connectivity index (χ1n) is 22.9. The summed E-state index contributed by atoms with van der Waals surface area (Å²) in [6, 6.07) is 16.0. The van der Waals surface area contributed by atoms with E-state index in [-0.39, 0.29) is 73.7 Å². The van der Waals surface area contributed by atoms with Crippen LogP contribution in [0.1, 0.15) is 83.3 Å². The molecule has 3 aromatic heterocycles. The number of fused-ring (bicyclic) bond motifs is 3. The number of amides is 5. The summed E-state index contributed by atoms with van der Waals surface area (Å²) in [4.78, 5) is 67.7. The summed E-state index contributed by atoms with van der Waals surface area (Å²) in [7, 11) is 1.83. The highest BCUT2D eigenvalue weighted by atomic mass is 35.5. The highest BCUT2D eigenvalue weighted by molar-refractivity contribution is 6.34. The summed E-state index contributed by atoms with van der Waals surface area (Å²) in [5.41, 5.74) is 5.83. The number of nitrogens with one attached hydrogen (secondary N) is 3. The number of alkyl halides is 2. The molecule has 3 saturated carbocycles. The van der Waals surface area contributed by atoms with Gasteiger partial charge in [0, 0.05) is 86.2 Å². The van der Waals surface area contributed by atoms with Gasteiger partial charge in [-0.3, -0.25) is 34.5 Å². The zero-order chi connectivity index (χ0) is 45.5. The zero-order valence-electron chi connectivity index (χ0n) is 36.6. The number of carbonyl (C=O) groups is 4. The van der Waals surface area contributed by atoms with Crippen molar-refractivity contribution >= 4 is 63.9 Å². The Hall–Kier alpha value is -6.20. The van der Waals surface area contributed by atoms with Gasteiger partial charge in [0.2, 0.25) is 5.91 Å². The molecule has 342 valence electrons. The monoisotopic (exact) mass is 917 g/mol. The fourth-order valence-corrected chi connectivity index (χ4v) is 11.7. The Morgan fingerprint density at radius 2 is 1.70 bits per heavy atom. The number of benzene rings is 2. The van der Waals surface area contributed by atoms with Gasteiger partial charge in [-0.05, 0) is 105 Å². The maximum atomic E-state index is 16.3. The van der Waals surface area contributed by atoms with Crippen LogP contribution in [0.5, 0.6) is 0 Å². The maximum absolute atomic E-state index is 16.3. The second-order valence-corrected chi connectivity index (χ2v) is 19.4. The number of urea groups is 1. The van der Waals surface area contributed by atoms with Crippen molar-refractivity contribution in [3.8, 4) is 11.3 Å². The zero-order valence-corrected chi connectivity index (χ0v) is 37.3. The molecular formula is C48H50ClF2N11O4. The molecule has 3 aliphatic carbocycles. The number of pyridine rings is 1. The maximum Gasteiger partial charge on any atom is 0.328 e. The Balaban J connectivity index is 0.736. The van der Waals surface area contributed by atoms with E-state index in [1.807, 2.05) is 31.3 Å². The van der Waals surface area contributed by atoms with Gasteiger partial charge in [-0.25, -0.2) is 23.1 Å². The van der Waals surface area contributed by atoms with E-state index in [9.17, 15) is 19.2 Å². The van der Waals surface area contributed by atoms with Crippen molar-refractivity contribution < 1.29 is 28.0 Å². The Kier molecular flexibility index (Phi) is 10.3. The first-order valence-corrected chi connectivity index (χ1v) is 23.2. The molecular weight excluding hydrogens is 868 g/mol. The molecule has 7 aliphatic rings. The van der Waals surface area contributed by atoms with E-state index in [1.165, 1.54) is 23.5 Å². The van der Waals surface area contributed by atoms with Crippen molar-refractivity contribution in [1.82, 2.24) is 40.0 Å². The largest absolute Gasteiger partial charge is 0.385 e. The molecule has 12 rings (SSSR count). The number of piperidine rings is 2. The van der Waals surface area contributed by atoms with Crippen molar-refractivity contribution in [1.29, 1.82) is 0 Å². The molecule has 6 fully saturated rings. The van der Waals surface area contributed by atoms with E-state index in [1.54, 1.807) is 32.8 Å². The number of imide groups is 1. The fraction of sp³-hybridized carbons (Fsp3) is 0.438. The minimum Gasteiger partial charge on any atom is -0.385 e. The van der Waals surface area contributed by atoms with Gasteiger partial charge in [0.25, 0.3) is 17.7 Å². The summed E-state index contributed by atoms with van der Waals surface area (Å²) in [6.45, 7) is 1.63. The topological polar surface area (TPSA) is 160 Å². The van der Waals surface area contributed by atoms with Crippen molar-refractivity contribution in [2.75, 3.05) is 61.4 Å². The summed E-state index contributed by atoms with van der Waals surface area (Å²) in [5.74, 6) is -2.40. The first-order chi connectivity index (χ1) is 31.8. The first kappa shape index (κ1) is 42.4. The number of nitrogens with zero attached hydrogens (tertiary/aromatic N) is 8. The molecule has 7 heterocycles. The van der Waals surface area contributed by atoms with Crippen molar-refractivity contribution in [3.63, 3.8) is 0 Å². The van der Waals surface area contributed by atoms with E-state index in [0.29, 0.717) is 54.5 Å². The van der Waals surface area contributed by atoms with Crippen LogP contribution in [0.3, 0.4) is 0 Å². The molecule has 2 bridgehead atoms. The number of hydrogen-bond donors (Lipinski definition) is 3. The number of likely N-dealkylation sites (tertiary alicyclic amines) is 2. The molecule has 4 aliphatic heterocycles. The second kappa shape index (κ2) is 16.0. The van der Waals surface area contributed by atoms with Crippen LogP contribution in [-0.2, 0) is 17.8 Å². The Labute approximate surface area is 384 Å². The van der Waals surface area contributed by atoms with E-state index in [0.717, 1.165) is 65.4 Å². The van der Waals surface area contributed by atoms with Crippen LogP contribution in [0, 0.1) is 11.3 Å². The van der Waals surface area contributed by atoms with Gasteiger partial charge in [0.05, 0.1) is 34.8 Å². The lowest BCUT2D eigenvalue weighted by molar-refractivity contribution is -0.186. The highest BCUT2D eigenvalue weighted by Gasteiger charge is 2.57. The predicted molar refractivity (Wildman–Crippen MR) is 244 cm³/mol. The van der Waals surface area contributed by atoms with E-state index >= 15 is 8.78 Å². The lowest BCUT2D eigenvalue weighted by Crippen LogP contribution is -2.59. The number of halogens is 3. The summed E-state index contributed by atoms with van der Waals surface area (Å²) >= 11 is 6.39. The fourth-order valence-electron chi connectivity index (χ4n) is 11.5. The number of anilines is 4. The van der Waals surface area contributed by atoms with Gasteiger partial charge in [-0.2, -0.15) is 0 Å². The number of aromatic nitrogens is 4. The molecule has 3 N–H and O–H groups in total. The van der Waals surface area contributed by atoms with Gasteiger partial charge >= 0.3 is 6.03 Å². The molecule has 18 heteroatoms. The minimum atomic E-state index is -2.97. The Morgan fingerprint density at radius 1 is 0.894 bits per heavy atom. The van der Waals surface area contributed by atoms with Crippen LogP contribution in [0.25, 0.3) is 16.9 Å². The van der Waals surface area contributed by atoms with Gasteiger partial charge in [0.1, 0.15) is 0 Å². The SMILES string of the molecule is CNc1cc(N2CCc3c(-c4ccc(CN5CCC6(CCN(C(=O)c7ccc(Cl)c(N8CCC(=O)NC8=O)c7)CC6)C(F)(F)C5)cn4)cccc32)nn2c(C(=O)NC34CCC(C3)C4)cnc12. The summed E-state index contributed by atoms with van der Waals surface area (Å²) < 4.78 is 34.2. The lowest BCUT2D eigenvalue weighted by atomic mass is 9.68. The van der Waals surface area contributed by atoms with Crippen LogP contribution in [0.2, 0.25) is 5.02 Å². The number of carbonyl (C=O) groups excluding carboxylic acids is 4. The molecule has 5 amide bonds. The Bertz CT molecular complexity index is 2800. The van der Waals surface area contributed by atoms with Crippen molar-refractivity contribution in [2.24, 2.45) is 11.3 Å². The summed E-state index contributed by atoms with van der Waals surface area (Å²) in [5, 5.41) is 14.0. The van der Waals surface area contributed by atoms with Crippen molar-refractivity contribution in [3.05, 3.63) is 94.4 Å². The smallest absolute Gasteiger partial charge is 0.328 e. The normalized spacial score (nSPS) is 23.2. The molecule has 3 saturated heterocycles. The van der Waals surface area contributed by atoms with Crippen LogP contribution < -0.4 is 25.8 Å². The standard InChI is InChI=1S/C48H50ClF2N11O4/c1-52-36-22-40(57-62-39(26-54-42(36)62)43(64)56-47-12-9-29(23-47)24-47)60-16-10-33-32(3-2-4-37(33)60)35-8-5-30(25-53-35)27-58-18-13-46(48(50,51)28-58)14-19-59(20-15-46)44(65)31-6-7-34(49)38(21-31)61-17-11-41(63)55-45(61)66/h2-8,21-22,25-26,29,52H,9-20,23-24,27-28H2,1H3,(H,56,64)(H,55,63,66). The van der Waals surface area contributed by atoms with Crippen LogP contribution in [0.15, 0.2) is 67.0 Å². The molecule has 15 nitrogen and oxygen atoms in total. The molecule has 66 heavy (non-hydrogen) atoms. The number of hydrogen-bond acceptors (Lipinski definition) is 10. The van der Waals surface area contributed by atoms with Crippen molar-refractivity contribution in [2.45, 2.75) is 75.8 Å². The third-order valence-electron chi connectivity index (χ3n) is 15.2. The van der Waals surface area contributed by atoms with Crippen LogP contribution in [-0.4, -0.2) is 111 Å². The second-order valence-electron chi connectivity index (χ2n) is 19.0. The average molecular weight is 918 g/mol. The van der Waals surface area contributed by atoms with Crippen LogP contribution in [0.4, 0.5) is 36.5 Å². The average Bonchev–Trinajstić information content (AvgIpc) is 4.12. The number of rotatable bonds is 9. The van der Waals surface area contributed by atoms with E-state index in [4.69, 9.17) is 21.7 Å². The van der Waals surface area contributed by atoms with E-state index < -0.39 is 17.4 Å². The van der Waals surface area contributed by atoms with Gasteiger partial charge in [-0.1, -0.05) is 29.8 Å². The van der Waals surface area contributed by atoms with Gasteiger partial charge in [0.15, 0.2) is 17.2 Å². The van der Waals surface area contributed by atoms with Gasteiger partial charge in [-0.15, -0.1) is 5.10 Å². The molecule has 2 aromatic carbocycles. The lowest BCUT2D eigenvalue weighted by Gasteiger charge is -2.51. The summed E-state index contributed by atoms with van der Waals surface area (Å²) in [6.07, 6.45) is 9.17. The molecule has 1 spiro atoms. The third kappa shape index (κ3) is 7.21. The quantitative estimate of drug-likeness (QED) is 0.140. The highest BCUT2D eigenvalue weighted by Crippen LogP contribution is 2.53. The number of imidazole rings is 1.